The van der Waals surface area contributed by atoms with Gasteiger partial charge in [0.2, 0.25) is 0 Å². The zero-order chi connectivity index (χ0) is 23.7. The van der Waals surface area contributed by atoms with E-state index in [1.54, 1.807) is 41.9 Å². The second kappa shape index (κ2) is 8.96. The molecule has 0 spiro atoms. The molecule has 0 radical (unpaired) electrons. The monoisotopic (exact) mass is 474 g/mol. The highest BCUT2D eigenvalue weighted by molar-refractivity contribution is 7.92. The molecule has 2 aromatic carbocycles. The topological polar surface area (TPSA) is 84.3 Å². The maximum absolute atomic E-state index is 13.3. The fraction of sp³-hybridized carbons (Fsp3) is 0.304. The number of amides is 1. The highest BCUT2D eigenvalue weighted by atomic mass is 35.5. The summed E-state index contributed by atoms with van der Waals surface area (Å²) in [5.74, 6) is -0.0102. The van der Waals surface area contributed by atoms with Crippen LogP contribution in [-0.2, 0) is 15.6 Å². The molecule has 0 unspecified atom stereocenters. The molecule has 170 valence electrons. The summed E-state index contributed by atoms with van der Waals surface area (Å²) >= 11 is 6.28. The number of aromatic nitrogens is 2. The van der Waals surface area contributed by atoms with Gasteiger partial charge in [-0.3, -0.25) is 9.10 Å². The number of anilines is 2. The molecule has 0 aliphatic rings. The number of carbonyl (C=O) groups excluding carboxylic acids is 1. The van der Waals surface area contributed by atoms with Gasteiger partial charge in [0.05, 0.1) is 32.4 Å². The summed E-state index contributed by atoms with van der Waals surface area (Å²) in [6.07, 6.45) is 0. The zero-order valence-electron chi connectivity index (χ0n) is 18.8. The van der Waals surface area contributed by atoms with Gasteiger partial charge < -0.3 is 5.32 Å². The Bertz CT molecular complexity index is 1230. The molecule has 1 heterocycles. The van der Waals surface area contributed by atoms with Crippen molar-refractivity contribution in [3.8, 4) is 0 Å². The van der Waals surface area contributed by atoms with Crippen molar-refractivity contribution in [3.63, 3.8) is 0 Å². The van der Waals surface area contributed by atoms with E-state index >= 15 is 0 Å². The number of hydrogen-bond acceptors (Lipinski definition) is 4. The molecular weight excluding hydrogens is 448 g/mol. The Morgan fingerprint density at radius 2 is 1.78 bits per heavy atom. The summed E-state index contributed by atoms with van der Waals surface area (Å²) in [4.78, 5) is 13.1. The molecule has 0 aliphatic heterocycles. The van der Waals surface area contributed by atoms with Crippen molar-refractivity contribution >= 4 is 39.0 Å². The van der Waals surface area contributed by atoms with Crippen LogP contribution in [0.4, 0.5) is 11.5 Å². The molecular formula is C23H27ClN4O3S. The fourth-order valence-corrected chi connectivity index (χ4v) is 5.04. The zero-order valence-corrected chi connectivity index (χ0v) is 20.3. The molecule has 1 aromatic heterocycles. The van der Waals surface area contributed by atoms with Crippen LogP contribution in [-0.4, -0.2) is 30.7 Å². The predicted octanol–water partition coefficient (Wildman–Crippen LogP) is 5.07. The van der Waals surface area contributed by atoms with Crippen molar-refractivity contribution in [3.05, 3.63) is 70.9 Å². The molecule has 9 heteroatoms. The Hall–Kier alpha value is -2.84. The first-order valence-corrected chi connectivity index (χ1v) is 12.0. The number of nitrogens with zero attached hydrogens (tertiary/aromatic N) is 3. The highest BCUT2D eigenvalue weighted by Gasteiger charge is 2.26. The fourth-order valence-electron chi connectivity index (χ4n) is 3.34. The number of hydrogen-bond donors (Lipinski definition) is 1. The van der Waals surface area contributed by atoms with E-state index in [-0.39, 0.29) is 27.6 Å². The molecule has 0 atom stereocenters. The molecule has 1 N–H and O–H groups in total. The third-order valence-electron chi connectivity index (χ3n) is 4.81. The smallest absolute Gasteiger partial charge is 0.264 e. The van der Waals surface area contributed by atoms with Crippen LogP contribution >= 0.6 is 11.6 Å². The number of carbonyl (C=O) groups is 1. The normalized spacial score (nSPS) is 11.9. The van der Waals surface area contributed by atoms with Gasteiger partial charge in [-0.1, -0.05) is 29.8 Å². The van der Waals surface area contributed by atoms with Gasteiger partial charge in [-0.15, -0.1) is 0 Å². The van der Waals surface area contributed by atoms with E-state index < -0.39 is 15.9 Å². The molecule has 0 saturated carbocycles. The number of rotatable bonds is 6. The third-order valence-corrected chi connectivity index (χ3v) is 7.04. The SMILES string of the molecule is CCN(c1ccccc1)S(=O)(=O)c1ccc(Cl)c(C(=O)Nc2cc(C)nn2C(C)(C)C)c1. The number of para-hydroxylation sites is 1. The summed E-state index contributed by atoms with van der Waals surface area (Å²) in [6.45, 7) is 9.74. The van der Waals surface area contributed by atoms with Crippen molar-refractivity contribution in [2.24, 2.45) is 0 Å². The second-order valence-corrected chi connectivity index (χ2v) is 10.6. The quantitative estimate of drug-likeness (QED) is 0.540. The summed E-state index contributed by atoms with van der Waals surface area (Å²) in [5.41, 5.74) is 0.999. The molecule has 0 saturated heterocycles. The van der Waals surface area contributed by atoms with Crippen molar-refractivity contribution in [2.75, 3.05) is 16.2 Å². The van der Waals surface area contributed by atoms with E-state index in [1.807, 2.05) is 33.8 Å². The van der Waals surface area contributed by atoms with Gasteiger partial charge in [0.1, 0.15) is 5.82 Å². The van der Waals surface area contributed by atoms with Gasteiger partial charge in [-0.25, -0.2) is 13.1 Å². The van der Waals surface area contributed by atoms with E-state index in [0.29, 0.717) is 11.5 Å². The van der Waals surface area contributed by atoms with Crippen molar-refractivity contribution < 1.29 is 13.2 Å². The van der Waals surface area contributed by atoms with Crippen LogP contribution in [0, 0.1) is 6.92 Å². The van der Waals surface area contributed by atoms with Gasteiger partial charge in [0.25, 0.3) is 15.9 Å². The average molecular weight is 475 g/mol. The lowest BCUT2D eigenvalue weighted by Crippen LogP contribution is -2.31. The van der Waals surface area contributed by atoms with Crippen molar-refractivity contribution in [1.82, 2.24) is 9.78 Å². The first kappa shape index (κ1) is 23.8. The van der Waals surface area contributed by atoms with Crippen LogP contribution in [0.5, 0.6) is 0 Å². The molecule has 3 aromatic rings. The van der Waals surface area contributed by atoms with E-state index in [9.17, 15) is 13.2 Å². The number of nitrogens with one attached hydrogen (secondary N) is 1. The van der Waals surface area contributed by atoms with E-state index in [2.05, 4.69) is 10.4 Å². The van der Waals surface area contributed by atoms with Crippen LogP contribution in [0.3, 0.4) is 0 Å². The lowest BCUT2D eigenvalue weighted by molar-refractivity contribution is 0.102. The first-order valence-electron chi connectivity index (χ1n) is 10.2. The van der Waals surface area contributed by atoms with Crippen LogP contribution in [0.25, 0.3) is 0 Å². The third kappa shape index (κ3) is 4.81. The second-order valence-electron chi connectivity index (χ2n) is 8.35. The number of aryl methyl sites for hydroxylation is 1. The Morgan fingerprint density at radius 1 is 1.12 bits per heavy atom. The predicted molar refractivity (Wildman–Crippen MR) is 128 cm³/mol. The summed E-state index contributed by atoms with van der Waals surface area (Å²) < 4.78 is 29.7. The molecule has 7 nitrogen and oxygen atoms in total. The average Bonchev–Trinajstić information content (AvgIpc) is 3.09. The first-order chi connectivity index (χ1) is 14.9. The van der Waals surface area contributed by atoms with E-state index in [0.717, 1.165) is 5.69 Å². The lowest BCUT2D eigenvalue weighted by Gasteiger charge is -2.23. The van der Waals surface area contributed by atoms with Crippen molar-refractivity contribution in [2.45, 2.75) is 45.1 Å². The van der Waals surface area contributed by atoms with Gasteiger partial charge >= 0.3 is 0 Å². The molecule has 0 bridgehead atoms. The molecule has 1 amide bonds. The highest BCUT2D eigenvalue weighted by Crippen LogP contribution is 2.28. The van der Waals surface area contributed by atoms with Gasteiger partial charge in [0, 0.05) is 12.6 Å². The summed E-state index contributed by atoms with van der Waals surface area (Å²) in [5, 5.41) is 7.41. The Morgan fingerprint density at radius 3 is 2.38 bits per heavy atom. The lowest BCUT2D eigenvalue weighted by atomic mass is 10.1. The van der Waals surface area contributed by atoms with E-state index in [1.165, 1.54) is 22.5 Å². The Balaban J connectivity index is 1.98. The maximum atomic E-state index is 13.3. The number of halogens is 1. The minimum atomic E-state index is -3.90. The van der Waals surface area contributed by atoms with Crippen LogP contribution in [0.2, 0.25) is 5.02 Å². The standard InChI is InChI=1S/C23H27ClN4O3S/c1-6-27(17-10-8-7-9-11-17)32(30,31)18-12-13-20(24)19(15-18)22(29)25-21-14-16(2)26-28(21)23(3,4)5/h7-15H,6H2,1-5H3,(H,25,29). The van der Waals surface area contributed by atoms with Crippen LogP contribution in [0.15, 0.2) is 59.5 Å². The largest absolute Gasteiger partial charge is 0.307 e. The molecule has 0 aliphatic carbocycles. The van der Waals surface area contributed by atoms with E-state index in [4.69, 9.17) is 11.6 Å². The number of benzene rings is 2. The van der Waals surface area contributed by atoms with Gasteiger partial charge in [0.15, 0.2) is 0 Å². The molecule has 3 rings (SSSR count). The number of sulfonamides is 1. The van der Waals surface area contributed by atoms with Crippen LogP contribution < -0.4 is 9.62 Å². The van der Waals surface area contributed by atoms with Gasteiger partial charge in [-0.05, 0) is 65.0 Å². The summed E-state index contributed by atoms with van der Waals surface area (Å²) in [6, 6.07) is 14.7. The minimum Gasteiger partial charge on any atom is -0.307 e. The van der Waals surface area contributed by atoms with Crippen molar-refractivity contribution in [1.29, 1.82) is 0 Å². The maximum Gasteiger partial charge on any atom is 0.264 e. The van der Waals surface area contributed by atoms with Gasteiger partial charge in [-0.2, -0.15) is 5.10 Å². The Labute approximate surface area is 194 Å². The summed E-state index contributed by atoms with van der Waals surface area (Å²) in [7, 11) is -3.90. The molecule has 32 heavy (non-hydrogen) atoms. The van der Waals surface area contributed by atoms with Crippen LogP contribution in [0.1, 0.15) is 43.7 Å². The minimum absolute atomic E-state index is 0.0155. The Kier molecular flexibility index (Phi) is 6.67. The molecule has 0 fully saturated rings.